The van der Waals surface area contributed by atoms with Gasteiger partial charge < -0.3 is 19.8 Å². The normalized spacial score (nSPS) is 18.1. The van der Waals surface area contributed by atoms with Gasteiger partial charge in [-0.15, -0.1) is 0 Å². The molecule has 11 heteroatoms. The Morgan fingerprint density at radius 2 is 1.88 bits per heavy atom. The molecule has 2 N–H and O–H groups in total. The first kappa shape index (κ1) is 25.0. The summed E-state index contributed by atoms with van der Waals surface area (Å²) in [7, 11) is 0. The molecule has 0 radical (unpaired) electrons. The molecule has 34 heavy (non-hydrogen) atoms. The molecular weight excluding hydrogens is 444 g/mol. The zero-order valence-electron chi connectivity index (χ0n) is 20.0. The molecule has 3 rings (SSSR count). The molecule has 1 saturated heterocycles. The van der Waals surface area contributed by atoms with E-state index in [0.29, 0.717) is 6.42 Å². The van der Waals surface area contributed by atoms with E-state index in [0.717, 1.165) is 4.57 Å². The van der Waals surface area contributed by atoms with Crippen molar-refractivity contribution >= 4 is 28.9 Å². The molecule has 2 atom stereocenters. The molecule has 1 aromatic heterocycles. The van der Waals surface area contributed by atoms with Crippen LogP contribution in [0.3, 0.4) is 0 Å². The number of amides is 2. The molecule has 2 heterocycles. The van der Waals surface area contributed by atoms with Crippen LogP contribution in [0.1, 0.15) is 51.4 Å². The highest BCUT2D eigenvalue weighted by Gasteiger charge is 2.45. The minimum Gasteiger partial charge on any atom is -0.464 e. The zero-order chi connectivity index (χ0) is 25.2. The summed E-state index contributed by atoms with van der Waals surface area (Å²) in [5.41, 5.74) is -1.34. The zero-order valence-corrected chi connectivity index (χ0v) is 20.0. The van der Waals surface area contributed by atoms with Crippen LogP contribution in [0.5, 0.6) is 0 Å². The summed E-state index contributed by atoms with van der Waals surface area (Å²) in [6.45, 7) is 9.04. The van der Waals surface area contributed by atoms with Gasteiger partial charge in [-0.3, -0.25) is 19.1 Å². The lowest BCUT2D eigenvalue weighted by molar-refractivity contribution is -0.148. The maximum absolute atomic E-state index is 13.0. The van der Waals surface area contributed by atoms with Gasteiger partial charge in [0.25, 0.3) is 11.5 Å². The molecule has 2 aromatic rings. The van der Waals surface area contributed by atoms with Crippen molar-refractivity contribution in [3.8, 4) is 0 Å². The number of hydrogen-bond acceptors (Lipinski definition) is 7. The van der Waals surface area contributed by atoms with E-state index in [4.69, 9.17) is 9.47 Å². The number of esters is 1. The number of fused-ring (bicyclic) bond motifs is 1. The van der Waals surface area contributed by atoms with E-state index in [1.165, 1.54) is 23.1 Å². The van der Waals surface area contributed by atoms with E-state index in [1.807, 2.05) is 0 Å². The van der Waals surface area contributed by atoms with Crippen molar-refractivity contribution in [1.29, 1.82) is 0 Å². The molecule has 184 valence electrons. The Kier molecular flexibility index (Phi) is 7.13. The molecule has 0 aliphatic carbocycles. The van der Waals surface area contributed by atoms with Crippen molar-refractivity contribution in [1.82, 2.24) is 19.8 Å². The first-order valence-electron chi connectivity index (χ1n) is 11.2. The maximum atomic E-state index is 13.0. The number of rotatable bonds is 5. The van der Waals surface area contributed by atoms with E-state index in [1.54, 1.807) is 34.6 Å². The molecule has 2 unspecified atom stereocenters. The van der Waals surface area contributed by atoms with Crippen LogP contribution in [-0.4, -0.2) is 63.3 Å². The highest BCUT2D eigenvalue weighted by atomic mass is 16.6. The number of nitrogens with one attached hydrogen (secondary N) is 2. The lowest BCUT2D eigenvalue weighted by Gasteiger charge is -2.29. The summed E-state index contributed by atoms with van der Waals surface area (Å²) in [5, 5.41) is 3.06. The van der Waals surface area contributed by atoms with Gasteiger partial charge in [0.2, 0.25) is 0 Å². The van der Waals surface area contributed by atoms with Crippen molar-refractivity contribution in [2.24, 2.45) is 0 Å². The summed E-state index contributed by atoms with van der Waals surface area (Å²) >= 11 is 0. The molecule has 1 aromatic carbocycles. The van der Waals surface area contributed by atoms with Gasteiger partial charge in [0.1, 0.15) is 5.60 Å². The molecule has 2 amide bonds. The Labute approximate surface area is 196 Å². The summed E-state index contributed by atoms with van der Waals surface area (Å²) < 4.78 is 11.6. The van der Waals surface area contributed by atoms with Crippen LogP contribution in [0.15, 0.2) is 27.8 Å². The molecule has 0 saturated carbocycles. The van der Waals surface area contributed by atoms with Crippen LogP contribution in [0.4, 0.5) is 4.79 Å². The molecular formula is C23H30N4O7. The second-order valence-corrected chi connectivity index (χ2v) is 8.98. The number of aromatic amines is 1. The van der Waals surface area contributed by atoms with Crippen LogP contribution in [0.25, 0.3) is 10.9 Å². The van der Waals surface area contributed by atoms with Gasteiger partial charge in [-0.1, -0.05) is 0 Å². The Balaban J connectivity index is 1.86. The fraction of sp³-hybridized carbons (Fsp3) is 0.522. The van der Waals surface area contributed by atoms with Gasteiger partial charge in [0.05, 0.1) is 23.6 Å². The van der Waals surface area contributed by atoms with E-state index in [2.05, 4.69) is 10.3 Å². The smallest absolute Gasteiger partial charge is 0.411 e. The first-order valence-corrected chi connectivity index (χ1v) is 11.2. The number of hydrogen-bond donors (Lipinski definition) is 2. The van der Waals surface area contributed by atoms with Crippen molar-refractivity contribution in [3.63, 3.8) is 0 Å². The lowest BCUT2D eigenvalue weighted by Crippen LogP contribution is -2.52. The standard InChI is InChI=1S/C23H30N4O7/c1-6-26-19(29)14-9-8-13(12-16(14)25-21(26)31)18(28)24-15-10-11-27(17(15)20(30)33-7-2)22(32)34-23(3,4)5/h8-9,12,15,17H,6-7,10-11H2,1-5H3,(H,24,28)(H,25,31). The molecule has 0 bridgehead atoms. The van der Waals surface area contributed by atoms with Gasteiger partial charge in [-0.2, -0.15) is 0 Å². The fourth-order valence-corrected chi connectivity index (χ4v) is 3.92. The Morgan fingerprint density at radius 3 is 2.50 bits per heavy atom. The molecule has 1 fully saturated rings. The predicted molar refractivity (Wildman–Crippen MR) is 124 cm³/mol. The van der Waals surface area contributed by atoms with Crippen LogP contribution in [0, 0.1) is 0 Å². The molecule has 1 aliphatic heterocycles. The quantitative estimate of drug-likeness (QED) is 0.624. The van der Waals surface area contributed by atoms with Gasteiger partial charge in [-0.05, 0) is 59.2 Å². The molecule has 0 spiro atoms. The number of nitrogens with zero attached hydrogens (tertiary/aromatic N) is 2. The summed E-state index contributed by atoms with van der Waals surface area (Å²) in [4.78, 5) is 66.8. The van der Waals surface area contributed by atoms with E-state index < -0.39 is 46.9 Å². The third-order valence-corrected chi connectivity index (χ3v) is 5.43. The van der Waals surface area contributed by atoms with Crippen LogP contribution in [-0.2, 0) is 20.8 Å². The third-order valence-electron chi connectivity index (χ3n) is 5.43. The average Bonchev–Trinajstić information content (AvgIpc) is 3.16. The maximum Gasteiger partial charge on any atom is 0.411 e. The highest BCUT2D eigenvalue weighted by molar-refractivity contribution is 5.98. The fourth-order valence-electron chi connectivity index (χ4n) is 3.92. The van der Waals surface area contributed by atoms with E-state index in [9.17, 15) is 24.0 Å². The van der Waals surface area contributed by atoms with Crippen molar-refractivity contribution in [2.45, 2.75) is 65.3 Å². The van der Waals surface area contributed by atoms with Crippen LogP contribution < -0.4 is 16.6 Å². The third kappa shape index (κ3) is 5.13. The Bertz CT molecular complexity index is 1220. The Hall–Kier alpha value is -3.63. The van der Waals surface area contributed by atoms with Crippen LogP contribution in [0.2, 0.25) is 0 Å². The largest absolute Gasteiger partial charge is 0.464 e. The number of H-pyrrole nitrogens is 1. The number of carbonyl (C=O) groups is 3. The first-order chi connectivity index (χ1) is 16.0. The van der Waals surface area contributed by atoms with E-state index >= 15 is 0 Å². The SMILES string of the molecule is CCOC(=O)C1C(NC(=O)c2ccc3c(=O)n(CC)c(=O)[nH]c3c2)CCN1C(=O)OC(C)(C)C. The van der Waals surface area contributed by atoms with Crippen molar-refractivity contribution in [3.05, 3.63) is 44.6 Å². The van der Waals surface area contributed by atoms with Crippen molar-refractivity contribution < 1.29 is 23.9 Å². The summed E-state index contributed by atoms with van der Waals surface area (Å²) in [6.07, 6.45) is -0.349. The topological polar surface area (TPSA) is 140 Å². The monoisotopic (exact) mass is 474 g/mol. The van der Waals surface area contributed by atoms with Gasteiger partial charge >= 0.3 is 17.8 Å². The van der Waals surface area contributed by atoms with Gasteiger partial charge in [0.15, 0.2) is 6.04 Å². The molecule has 1 aliphatic rings. The minimum absolute atomic E-state index is 0.117. The number of ether oxygens (including phenoxy) is 2. The second-order valence-electron chi connectivity index (χ2n) is 8.98. The summed E-state index contributed by atoms with van der Waals surface area (Å²) in [6, 6.07) is 2.60. The summed E-state index contributed by atoms with van der Waals surface area (Å²) in [5.74, 6) is -1.16. The van der Waals surface area contributed by atoms with Gasteiger partial charge in [-0.25, -0.2) is 14.4 Å². The second kappa shape index (κ2) is 9.70. The number of benzene rings is 1. The lowest BCUT2D eigenvalue weighted by atomic mass is 10.1. The van der Waals surface area contributed by atoms with Gasteiger partial charge in [0, 0.05) is 18.7 Å². The number of likely N-dealkylation sites (tertiary alicyclic amines) is 1. The average molecular weight is 475 g/mol. The predicted octanol–water partition coefficient (Wildman–Crippen LogP) is 1.38. The van der Waals surface area contributed by atoms with E-state index in [-0.39, 0.29) is 36.2 Å². The van der Waals surface area contributed by atoms with Crippen LogP contribution >= 0.6 is 0 Å². The number of carbonyl (C=O) groups excluding carboxylic acids is 3. The Morgan fingerprint density at radius 1 is 1.18 bits per heavy atom. The number of aromatic nitrogens is 2. The van der Waals surface area contributed by atoms with Crippen molar-refractivity contribution in [2.75, 3.05) is 13.2 Å². The molecule has 11 nitrogen and oxygen atoms in total. The minimum atomic E-state index is -1.05. The highest BCUT2D eigenvalue weighted by Crippen LogP contribution is 2.23.